The van der Waals surface area contributed by atoms with Gasteiger partial charge in [0.05, 0.1) is 6.10 Å². The van der Waals surface area contributed by atoms with Crippen molar-refractivity contribution in [3.05, 3.63) is 0 Å². The molecule has 2 rings (SSSR count). The molecule has 1 heterocycles. The zero-order valence-corrected chi connectivity index (χ0v) is 10.8. The Kier molecular flexibility index (Phi) is 3.12. The Bertz CT molecular complexity index is 223. The average molecular weight is 210 g/mol. The zero-order valence-electron chi connectivity index (χ0n) is 10.8. The Morgan fingerprint density at radius 1 is 1.40 bits per heavy atom. The van der Waals surface area contributed by atoms with Gasteiger partial charge in [0, 0.05) is 6.61 Å². The first kappa shape index (κ1) is 11.4. The van der Waals surface area contributed by atoms with Crippen LogP contribution in [0.15, 0.2) is 0 Å². The van der Waals surface area contributed by atoms with E-state index in [0.717, 1.165) is 24.4 Å². The van der Waals surface area contributed by atoms with Crippen molar-refractivity contribution in [2.24, 2.45) is 23.2 Å². The quantitative estimate of drug-likeness (QED) is 0.672. The van der Waals surface area contributed by atoms with Crippen LogP contribution in [-0.2, 0) is 4.74 Å². The van der Waals surface area contributed by atoms with Gasteiger partial charge in [0.2, 0.25) is 0 Å². The van der Waals surface area contributed by atoms with Gasteiger partial charge in [0.15, 0.2) is 0 Å². The molecule has 1 aliphatic heterocycles. The first-order chi connectivity index (χ1) is 7.00. The highest BCUT2D eigenvalue weighted by atomic mass is 16.5. The Morgan fingerprint density at radius 2 is 2.13 bits per heavy atom. The van der Waals surface area contributed by atoms with E-state index < -0.39 is 0 Å². The summed E-state index contributed by atoms with van der Waals surface area (Å²) in [6.45, 7) is 10.5. The van der Waals surface area contributed by atoms with Crippen LogP contribution >= 0.6 is 0 Å². The molecule has 0 radical (unpaired) electrons. The van der Waals surface area contributed by atoms with Crippen molar-refractivity contribution in [3.8, 4) is 0 Å². The lowest BCUT2D eigenvalue weighted by Gasteiger charge is -2.41. The maximum absolute atomic E-state index is 5.95. The maximum atomic E-state index is 5.95. The average Bonchev–Trinajstić information content (AvgIpc) is 2.44. The van der Waals surface area contributed by atoms with E-state index >= 15 is 0 Å². The second kappa shape index (κ2) is 4.08. The van der Waals surface area contributed by atoms with Gasteiger partial charge in [0.25, 0.3) is 0 Å². The van der Waals surface area contributed by atoms with Crippen LogP contribution in [0.5, 0.6) is 0 Å². The lowest BCUT2D eigenvalue weighted by Crippen LogP contribution is -2.35. The molecule has 4 atom stereocenters. The molecule has 0 bridgehead atoms. The molecule has 0 aromatic rings. The highest BCUT2D eigenvalue weighted by Gasteiger charge is 2.43. The van der Waals surface area contributed by atoms with Crippen molar-refractivity contribution in [2.45, 2.75) is 59.5 Å². The standard InChI is InChI=1S/C14H26O/c1-10(2)7-14(4)6-5-12-11(3)9-15-13(12)8-14/h10-13H,5-9H2,1-4H3. The summed E-state index contributed by atoms with van der Waals surface area (Å²) in [5.74, 6) is 2.49. The number of rotatable bonds is 2. The molecule has 0 N–H and O–H groups in total. The first-order valence-electron chi connectivity index (χ1n) is 6.62. The molecule has 15 heavy (non-hydrogen) atoms. The van der Waals surface area contributed by atoms with E-state index in [1.165, 1.54) is 25.7 Å². The fraction of sp³-hybridized carbons (Fsp3) is 1.00. The fourth-order valence-electron chi connectivity index (χ4n) is 3.84. The Hall–Kier alpha value is -0.0400. The van der Waals surface area contributed by atoms with E-state index in [2.05, 4.69) is 27.7 Å². The summed E-state index contributed by atoms with van der Waals surface area (Å²) in [5.41, 5.74) is 0.555. The van der Waals surface area contributed by atoms with Crippen molar-refractivity contribution < 1.29 is 4.74 Å². The first-order valence-corrected chi connectivity index (χ1v) is 6.62. The smallest absolute Gasteiger partial charge is 0.0612 e. The monoisotopic (exact) mass is 210 g/mol. The second-order valence-corrected chi connectivity index (χ2v) is 6.66. The molecule has 2 aliphatic rings. The van der Waals surface area contributed by atoms with Crippen LogP contribution in [0.2, 0.25) is 0 Å². The summed E-state index contributed by atoms with van der Waals surface area (Å²) in [7, 11) is 0. The van der Waals surface area contributed by atoms with Gasteiger partial charge in [-0.25, -0.2) is 0 Å². The molecule has 1 saturated heterocycles. The van der Waals surface area contributed by atoms with E-state index in [9.17, 15) is 0 Å². The molecule has 88 valence electrons. The van der Waals surface area contributed by atoms with Gasteiger partial charge >= 0.3 is 0 Å². The third kappa shape index (κ3) is 2.38. The van der Waals surface area contributed by atoms with Gasteiger partial charge in [-0.3, -0.25) is 0 Å². The lowest BCUT2D eigenvalue weighted by molar-refractivity contribution is 0.00564. The SMILES string of the molecule is CC(C)CC1(C)CCC2C(C)COC2C1. The van der Waals surface area contributed by atoms with E-state index in [1.54, 1.807) is 0 Å². The van der Waals surface area contributed by atoms with Crippen molar-refractivity contribution in [2.75, 3.05) is 6.61 Å². The molecule has 0 spiro atoms. The van der Waals surface area contributed by atoms with E-state index in [-0.39, 0.29) is 0 Å². The van der Waals surface area contributed by atoms with E-state index in [1.807, 2.05) is 0 Å². The largest absolute Gasteiger partial charge is 0.378 e. The van der Waals surface area contributed by atoms with E-state index in [0.29, 0.717) is 11.5 Å². The van der Waals surface area contributed by atoms with Gasteiger partial charge in [0.1, 0.15) is 0 Å². The van der Waals surface area contributed by atoms with Crippen molar-refractivity contribution in [1.29, 1.82) is 0 Å². The van der Waals surface area contributed by atoms with Crippen molar-refractivity contribution in [1.82, 2.24) is 0 Å². The summed E-state index contributed by atoms with van der Waals surface area (Å²) in [4.78, 5) is 0. The Labute approximate surface area is 94.6 Å². The maximum Gasteiger partial charge on any atom is 0.0612 e. The Balaban J connectivity index is 1.98. The fourth-order valence-corrected chi connectivity index (χ4v) is 3.84. The van der Waals surface area contributed by atoms with Crippen molar-refractivity contribution >= 4 is 0 Å². The summed E-state index contributed by atoms with van der Waals surface area (Å²) >= 11 is 0. The third-order valence-electron chi connectivity index (χ3n) is 4.46. The second-order valence-electron chi connectivity index (χ2n) is 6.66. The lowest BCUT2D eigenvalue weighted by atomic mass is 9.65. The Morgan fingerprint density at radius 3 is 2.80 bits per heavy atom. The van der Waals surface area contributed by atoms with Gasteiger partial charge in [-0.1, -0.05) is 27.7 Å². The highest BCUT2D eigenvalue weighted by molar-refractivity contribution is 4.93. The third-order valence-corrected chi connectivity index (χ3v) is 4.46. The normalized spacial score (nSPS) is 45.8. The molecule has 2 fully saturated rings. The van der Waals surface area contributed by atoms with Gasteiger partial charge in [-0.15, -0.1) is 0 Å². The summed E-state index contributed by atoms with van der Waals surface area (Å²) in [6, 6.07) is 0. The number of ether oxygens (including phenoxy) is 1. The summed E-state index contributed by atoms with van der Waals surface area (Å²) in [5, 5.41) is 0. The highest BCUT2D eigenvalue weighted by Crippen LogP contribution is 2.48. The van der Waals surface area contributed by atoms with Gasteiger partial charge in [-0.2, -0.15) is 0 Å². The molecule has 4 unspecified atom stereocenters. The van der Waals surface area contributed by atoms with Crippen LogP contribution in [0.4, 0.5) is 0 Å². The predicted octanol–water partition coefficient (Wildman–Crippen LogP) is 3.87. The van der Waals surface area contributed by atoms with Crippen LogP contribution in [-0.4, -0.2) is 12.7 Å². The molecular weight excluding hydrogens is 184 g/mol. The molecule has 0 amide bonds. The van der Waals surface area contributed by atoms with Gasteiger partial charge < -0.3 is 4.74 Å². The van der Waals surface area contributed by atoms with Gasteiger partial charge in [-0.05, 0) is 48.9 Å². The van der Waals surface area contributed by atoms with Crippen molar-refractivity contribution in [3.63, 3.8) is 0 Å². The van der Waals surface area contributed by atoms with Crippen LogP contribution in [0.25, 0.3) is 0 Å². The molecule has 0 aromatic carbocycles. The van der Waals surface area contributed by atoms with Crippen LogP contribution in [0, 0.1) is 23.2 Å². The molecular formula is C14H26O. The summed E-state index contributed by atoms with van der Waals surface area (Å²) in [6.07, 6.45) is 6.07. The minimum atomic E-state index is 0.555. The molecule has 1 heteroatoms. The number of hydrogen-bond acceptors (Lipinski definition) is 1. The van der Waals surface area contributed by atoms with Crippen LogP contribution < -0.4 is 0 Å². The minimum Gasteiger partial charge on any atom is -0.378 e. The molecule has 1 aliphatic carbocycles. The number of fused-ring (bicyclic) bond motifs is 1. The predicted molar refractivity (Wildman–Crippen MR) is 63.8 cm³/mol. The molecule has 0 aromatic heterocycles. The number of hydrogen-bond donors (Lipinski definition) is 0. The molecule has 1 nitrogen and oxygen atoms in total. The van der Waals surface area contributed by atoms with Crippen LogP contribution in [0.1, 0.15) is 53.4 Å². The minimum absolute atomic E-state index is 0.555. The molecule has 1 saturated carbocycles. The topological polar surface area (TPSA) is 9.23 Å². The van der Waals surface area contributed by atoms with E-state index in [4.69, 9.17) is 4.74 Å². The van der Waals surface area contributed by atoms with Crippen LogP contribution in [0.3, 0.4) is 0 Å². The zero-order chi connectivity index (χ0) is 11.1. The summed E-state index contributed by atoms with van der Waals surface area (Å²) < 4.78 is 5.95.